The maximum atomic E-state index is 10.4. The maximum absolute atomic E-state index is 10.4. The molecule has 0 heterocycles. The molecule has 74 valence electrons. The largest absolute Gasteiger partial charge is 0.259 e. The SMILES string of the molecule is C/C(=C/c1ccc(Cl)cc1Br)[N+](=O)[O-]. The molecule has 1 aromatic rings. The average Bonchev–Trinajstić information content (AvgIpc) is 2.09. The van der Waals surface area contributed by atoms with E-state index in [2.05, 4.69) is 15.9 Å². The monoisotopic (exact) mass is 275 g/mol. The minimum Gasteiger partial charge on any atom is -0.259 e. The molecule has 0 aliphatic rings. The van der Waals surface area contributed by atoms with Gasteiger partial charge in [0.15, 0.2) is 0 Å². The van der Waals surface area contributed by atoms with Gasteiger partial charge in [-0.25, -0.2) is 0 Å². The third kappa shape index (κ3) is 2.82. The standard InChI is InChI=1S/C9H7BrClNO2/c1-6(12(13)14)4-7-2-3-8(11)5-9(7)10/h2-5H,1H3/b6-4-. The Morgan fingerprint density at radius 2 is 2.29 bits per heavy atom. The van der Waals surface area contributed by atoms with E-state index in [4.69, 9.17) is 11.6 Å². The van der Waals surface area contributed by atoms with Gasteiger partial charge in [0, 0.05) is 22.5 Å². The van der Waals surface area contributed by atoms with E-state index in [1.807, 2.05) is 0 Å². The van der Waals surface area contributed by atoms with Gasteiger partial charge in [-0.1, -0.05) is 33.6 Å². The van der Waals surface area contributed by atoms with Crippen molar-refractivity contribution in [1.29, 1.82) is 0 Å². The summed E-state index contributed by atoms with van der Waals surface area (Å²) in [6.07, 6.45) is 1.49. The van der Waals surface area contributed by atoms with Crippen LogP contribution in [-0.4, -0.2) is 4.92 Å². The van der Waals surface area contributed by atoms with E-state index in [-0.39, 0.29) is 5.70 Å². The van der Waals surface area contributed by atoms with Crippen LogP contribution < -0.4 is 0 Å². The van der Waals surface area contributed by atoms with Gasteiger partial charge >= 0.3 is 0 Å². The third-order valence-electron chi connectivity index (χ3n) is 1.61. The summed E-state index contributed by atoms with van der Waals surface area (Å²) < 4.78 is 0.742. The Labute approximate surface area is 94.7 Å². The van der Waals surface area contributed by atoms with Crippen LogP contribution in [0, 0.1) is 10.1 Å². The van der Waals surface area contributed by atoms with Crippen molar-refractivity contribution in [2.75, 3.05) is 0 Å². The molecule has 0 saturated heterocycles. The number of allylic oxidation sites excluding steroid dienone is 1. The Morgan fingerprint density at radius 1 is 1.64 bits per heavy atom. The van der Waals surface area contributed by atoms with E-state index < -0.39 is 4.92 Å². The fraction of sp³-hybridized carbons (Fsp3) is 0.111. The molecule has 0 aromatic heterocycles. The lowest BCUT2D eigenvalue weighted by molar-refractivity contribution is -0.422. The van der Waals surface area contributed by atoms with Crippen molar-refractivity contribution in [3.8, 4) is 0 Å². The van der Waals surface area contributed by atoms with Crippen molar-refractivity contribution < 1.29 is 4.92 Å². The third-order valence-corrected chi connectivity index (χ3v) is 2.54. The van der Waals surface area contributed by atoms with Crippen molar-refractivity contribution >= 4 is 33.6 Å². The lowest BCUT2D eigenvalue weighted by Gasteiger charge is -1.98. The van der Waals surface area contributed by atoms with E-state index in [0.29, 0.717) is 5.02 Å². The van der Waals surface area contributed by atoms with Gasteiger partial charge in [0.25, 0.3) is 0 Å². The molecule has 3 nitrogen and oxygen atoms in total. The average molecular weight is 277 g/mol. The summed E-state index contributed by atoms with van der Waals surface area (Å²) in [5.41, 5.74) is 0.830. The van der Waals surface area contributed by atoms with Crippen LogP contribution in [0.5, 0.6) is 0 Å². The van der Waals surface area contributed by atoms with Crippen LogP contribution in [0.15, 0.2) is 28.4 Å². The Morgan fingerprint density at radius 3 is 2.79 bits per heavy atom. The van der Waals surface area contributed by atoms with Crippen molar-refractivity contribution in [3.63, 3.8) is 0 Å². The summed E-state index contributed by atoms with van der Waals surface area (Å²) in [7, 11) is 0. The molecule has 0 radical (unpaired) electrons. The van der Waals surface area contributed by atoms with Crippen molar-refractivity contribution in [1.82, 2.24) is 0 Å². The van der Waals surface area contributed by atoms with Crippen LogP contribution in [0.2, 0.25) is 5.02 Å². The summed E-state index contributed by atoms with van der Waals surface area (Å²) in [6.45, 7) is 1.45. The molecular formula is C9H7BrClNO2. The fourth-order valence-corrected chi connectivity index (χ4v) is 1.69. The van der Waals surface area contributed by atoms with Gasteiger partial charge in [-0.15, -0.1) is 0 Å². The molecule has 14 heavy (non-hydrogen) atoms. The van der Waals surface area contributed by atoms with E-state index >= 15 is 0 Å². The molecule has 1 rings (SSSR count). The predicted octanol–water partition coefficient (Wildman–Crippen LogP) is 3.74. The van der Waals surface area contributed by atoms with Crippen LogP contribution in [0.1, 0.15) is 12.5 Å². The minimum absolute atomic E-state index is 0.0908. The molecule has 0 atom stereocenters. The first-order valence-corrected chi connectivity index (χ1v) is 4.95. The summed E-state index contributed by atoms with van der Waals surface area (Å²) in [4.78, 5) is 9.95. The van der Waals surface area contributed by atoms with Gasteiger partial charge < -0.3 is 0 Å². The van der Waals surface area contributed by atoms with Crippen molar-refractivity contribution in [3.05, 3.63) is 49.1 Å². The number of halogens is 2. The first kappa shape index (κ1) is 11.2. The quantitative estimate of drug-likeness (QED) is 0.610. The van der Waals surface area contributed by atoms with Gasteiger partial charge in [-0.2, -0.15) is 0 Å². The number of hydrogen-bond acceptors (Lipinski definition) is 2. The zero-order valence-electron chi connectivity index (χ0n) is 7.33. The minimum atomic E-state index is -0.430. The van der Waals surface area contributed by atoms with Gasteiger partial charge in [-0.3, -0.25) is 10.1 Å². The van der Waals surface area contributed by atoms with E-state index in [1.54, 1.807) is 18.2 Å². The van der Waals surface area contributed by atoms with Crippen molar-refractivity contribution in [2.24, 2.45) is 0 Å². The molecular weight excluding hydrogens is 269 g/mol. The summed E-state index contributed by atoms with van der Waals surface area (Å²) >= 11 is 9.00. The molecule has 0 amide bonds. The summed E-state index contributed by atoms with van der Waals surface area (Å²) in [5, 5.41) is 11.0. The Bertz CT molecular complexity index is 404. The Kier molecular flexibility index (Phi) is 3.66. The number of hydrogen-bond donors (Lipinski definition) is 0. The highest BCUT2D eigenvalue weighted by molar-refractivity contribution is 9.10. The molecule has 0 fully saturated rings. The number of benzene rings is 1. The number of rotatable bonds is 2. The zero-order valence-corrected chi connectivity index (χ0v) is 9.67. The highest BCUT2D eigenvalue weighted by Gasteiger charge is 2.04. The highest BCUT2D eigenvalue weighted by atomic mass is 79.9. The molecule has 5 heteroatoms. The second kappa shape index (κ2) is 4.57. The van der Waals surface area contributed by atoms with Crippen LogP contribution in [0.4, 0.5) is 0 Å². The number of nitrogens with zero attached hydrogens (tertiary/aromatic N) is 1. The first-order chi connectivity index (χ1) is 6.50. The van der Waals surface area contributed by atoms with Gasteiger partial charge in [-0.05, 0) is 17.7 Å². The molecule has 1 aromatic carbocycles. The number of nitro groups is 1. The highest BCUT2D eigenvalue weighted by Crippen LogP contribution is 2.23. The maximum Gasteiger partial charge on any atom is 0.243 e. The van der Waals surface area contributed by atoms with Gasteiger partial charge in [0.05, 0.1) is 4.92 Å². The van der Waals surface area contributed by atoms with Crippen LogP contribution >= 0.6 is 27.5 Å². The first-order valence-electron chi connectivity index (χ1n) is 3.78. The molecule has 0 aliphatic heterocycles. The van der Waals surface area contributed by atoms with E-state index in [0.717, 1.165) is 10.0 Å². The smallest absolute Gasteiger partial charge is 0.243 e. The van der Waals surface area contributed by atoms with Crippen molar-refractivity contribution in [2.45, 2.75) is 6.92 Å². The van der Waals surface area contributed by atoms with Gasteiger partial charge in [0.1, 0.15) is 0 Å². The Balaban J connectivity index is 3.09. The van der Waals surface area contributed by atoms with E-state index in [1.165, 1.54) is 13.0 Å². The molecule has 0 aliphatic carbocycles. The van der Waals surface area contributed by atoms with Crippen LogP contribution in [-0.2, 0) is 0 Å². The second-order valence-electron chi connectivity index (χ2n) is 2.71. The molecule has 0 unspecified atom stereocenters. The van der Waals surface area contributed by atoms with Crippen LogP contribution in [0.25, 0.3) is 6.08 Å². The normalized spacial score (nSPS) is 11.5. The lowest BCUT2D eigenvalue weighted by atomic mass is 10.2. The molecule has 0 N–H and O–H groups in total. The molecule has 0 saturated carbocycles. The molecule has 0 spiro atoms. The topological polar surface area (TPSA) is 43.1 Å². The van der Waals surface area contributed by atoms with Gasteiger partial charge in [0.2, 0.25) is 5.70 Å². The Hall–Kier alpha value is -0.870. The van der Waals surface area contributed by atoms with E-state index in [9.17, 15) is 10.1 Å². The lowest BCUT2D eigenvalue weighted by Crippen LogP contribution is -1.93. The van der Waals surface area contributed by atoms with Crippen LogP contribution in [0.3, 0.4) is 0 Å². The molecule has 0 bridgehead atoms. The fourth-order valence-electron chi connectivity index (χ4n) is 0.896. The predicted molar refractivity (Wildman–Crippen MR) is 59.8 cm³/mol. The second-order valence-corrected chi connectivity index (χ2v) is 4.00. The summed E-state index contributed by atoms with van der Waals surface area (Å²) in [6, 6.07) is 5.10. The summed E-state index contributed by atoms with van der Waals surface area (Å²) in [5.74, 6) is 0. The zero-order chi connectivity index (χ0) is 10.7.